The highest BCUT2D eigenvalue weighted by atomic mass is 32.2. The Morgan fingerprint density at radius 2 is 1.40 bits per heavy atom. The number of carbonyl (C=O) groups is 1. The second kappa shape index (κ2) is 9.11. The summed E-state index contributed by atoms with van der Waals surface area (Å²) in [6.45, 7) is 1.90. The van der Waals surface area contributed by atoms with Crippen LogP contribution in [0.15, 0.2) is 77.7 Å². The van der Waals surface area contributed by atoms with Crippen molar-refractivity contribution in [1.82, 2.24) is 4.31 Å². The van der Waals surface area contributed by atoms with Gasteiger partial charge in [0.1, 0.15) is 5.75 Å². The van der Waals surface area contributed by atoms with Crippen molar-refractivity contribution in [3.05, 3.63) is 78.4 Å². The Kier molecular flexibility index (Phi) is 6.54. The minimum absolute atomic E-state index is 0.151. The molecule has 0 heterocycles. The Bertz CT molecular complexity index is 1110. The molecular weight excluding hydrogens is 400 g/mol. The fourth-order valence-corrected chi connectivity index (χ4v) is 3.66. The lowest BCUT2D eigenvalue weighted by atomic mass is 10.0. The molecule has 3 rings (SSSR count). The van der Waals surface area contributed by atoms with E-state index in [1.54, 1.807) is 12.1 Å². The molecule has 0 aliphatic rings. The molecule has 0 fully saturated rings. The van der Waals surface area contributed by atoms with Gasteiger partial charge in [-0.1, -0.05) is 42.0 Å². The third-order valence-corrected chi connectivity index (χ3v) is 6.36. The molecule has 30 heavy (non-hydrogen) atoms. The summed E-state index contributed by atoms with van der Waals surface area (Å²) in [5.74, 6) is 0.259. The summed E-state index contributed by atoms with van der Waals surface area (Å²) >= 11 is 0. The van der Waals surface area contributed by atoms with Gasteiger partial charge in [0.25, 0.3) is 5.91 Å². The molecule has 1 N–H and O–H groups in total. The topological polar surface area (TPSA) is 75.7 Å². The van der Waals surface area contributed by atoms with Gasteiger partial charge in [-0.2, -0.15) is 0 Å². The molecule has 6 nitrogen and oxygen atoms in total. The minimum Gasteiger partial charge on any atom is -0.484 e. The molecule has 0 unspecified atom stereocenters. The van der Waals surface area contributed by atoms with Crippen LogP contribution < -0.4 is 10.1 Å². The number of rotatable bonds is 7. The van der Waals surface area contributed by atoms with Crippen LogP contribution in [0.3, 0.4) is 0 Å². The van der Waals surface area contributed by atoms with Crippen LogP contribution in [-0.4, -0.2) is 39.3 Å². The number of carbonyl (C=O) groups excluding carboxylic acids is 1. The maximum atomic E-state index is 12.1. The Morgan fingerprint density at radius 1 is 0.867 bits per heavy atom. The lowest BCUT2D eigenvalue weighted by molar-refractivity contribution is -0.118. The van der Waals surface area contributed by atoms with E-state index in [2.05, 4.69) is 29.6 Å². The molecule has 0 atom stereocenters. The highest BCUT2D eigenvalue weighted by molar-refractivity contribution is 7.89. The van der Waals surface area contributed by atoms with E-state index in [-0.39, 0.29) is 17.4 Å². The number of aryl methyl sites for hydroxylation is 1. The van der Waals surface area contributed by atoms with Crippen LogP contribution in [0.25, 0.3) is 11.1 Å². The maximum absolute atomic E-state index is 12.1. The van der Waals surface area contributed by atoms with Gasteiger partial charge < -0.3 is 10.1 Å². The first kappa shape index (κ1) is 21.5. The third kappa shape index (κ3) is 5.25. The SMILES string of the molecule is Cc1ccc(-c2ccc(OCC(=O)Nc3ccc(S(=O)(=O)N(C)C)cc3)cc2)cc1. The lowest BCUT2D eigenvalue weighted by Gasteiger charge is -2.12. The number of nitrogens with one attached hydrogen (secondary N) is 1. The zero-order valence-electron chi connectivity index (χ0n) is 17.1. The molecule has 0 aliphatic heterocycles. The van der Waals surface area contributed by atoms with Gasteiger partial charge in [-0.15, -0.1) is 0 Å². The van der Waals surface area contributed by atoms with Crippen molar-refractivity contribution < 1.29 is 17.9 Å². The van der Waals surface area contributed by atoms with Crippen molar-refractivity contribution in [1.29, 1.82) is 0 Å². The molecular formula is C23H24N2O4S. The Morgan fingerprint density at radius 3 is 1.93 bits per heavy atom. The van der Waals surface area contributed by atoms with Gasteiger partial charge in [-0.3, -0.25) is 4.79 Å². The molecule has 0 spiro atoms. The number of ether oxygens (including phenoxy) is 1. The molecule has 0 aliphatic carbocycles. The number of amides is 1. The fraction of sp³-hybridized carbons (Fsp3) is 0.174. The van der Waals surface area contributed by atoms with Gasteiger partial charge in [0.05, 0.1) is 4.90 Å². The average molecular weight is 425 g/mol. The van der Waals surface area contributed by atoms with Crippen LogP contribution in [0.4, 0.5) is 5.69 Å². The largest absolute Gasteiger partial charge is 0.484 e. The summed E-state index contributed by atoms with van der Waals surface area (Å²) in [4.78, 5) is 12.3. The molecule has 7 heteroatoms. The number of benzene rings is 3. The van der Waals surface area contributed by atoms with Crippen LogP contribution in [0.2, 0.25) is 0 Å². The van der Waals surface area contributed by atoms with Crippen molar-refractivity contribution in [3.8, 4) is 16.9 Å². The van der Waals surface area contributed by atoms with Gasteiger partial charge in [-0.05, 0) is 54.4 Å². The van der Waals surface area contributed by atoms with Crippen LogP contribution in [0.5, 0.6) is 5.75 Å². The van der Waals surface area contributed by atoms with Gasteiger partial charge >= 0.3 is 0 Å². The van der Waals surface area contributed by atoms with E-state index >= 15 is 0 Å². The van der Waals surface area contributed by atoms with E-state index in [1.165, 1.54) is 31.8 Å². The van der Waals surface area contributed by atoms with Gasteiger partial charge in [0, 0.05) is 19.8 Å². The normalized spacial score (nSPS) is 11.3. The summed E-state index contributed by atoms with van der Waals surface area (Å²) < 4.78 is 30.8. The summed E-state index contributed by atoms with van der Waals surface area (Å²) in [5, 5.41) is 2.69. The summed E-state index contributed by atoms with van der Waals surface area (Å²) in [6, 6.07) is 21.8. The molecule has 0 saturated heterocycles. The molecule has 1 amide bonds. The van der Waals surface area contributed by atoms with Gasteiger partial charge in [0.15, 0.2) is 6.61 Å². The van der Waals surface area contributed by atoms with E-state index < -0.39 is 10.0 Å². The second-order valence-corrected chi connectivity index (χ2v) is 9.19. The average Bonchev–Trinajstić information content (AvgIpc) is 2.73. The number of hydrogen-bond acceptors (Lipinski definition) is 4. The van der Waals surface area contributed by atoms with E-state index in [0.717, 1.165) is 15.4 Å². The molecule has 3 aromatic rings. The summed E-state index contributed by atoms with van der Waals surface area (Å²) in [6.07, 6.45) is 0. The van der Waals surface area contributed by atoms with Crippen molar-refractivity contribution in [2.75, 3.05) is 26.0 Å². The summed E-state index contributed by atoms with van der Waals surface area (Å²) in [7, 11) is -0.562. The standard InChI is InChI=1S/C23H24N2O4S/c1-17-4-6-18(7-5-17)19-8-12-21(13-9-19)29-16-23(26)24-20-10-14-22(15-11-20)30(27,28)25(2)3/h4-15H,16H2,1-3H3,(H,24,26). The number of anilines is 1. The number of nitrogens with zero attached hydrogens (tertiary/aromatic N) is 1. The third-order valence-electron chi connectivity index (χ3n) is 4.53. The predicted octanol–water partition coefficient (Wildman–Crippen LogP) is 3.93. The van der Waals surface area contributed by atoms with Crippen molar-refractivity contribution >= 4 is 21.6 Å². The maximum Gasteiger partial charge on any atom is 0.262 e. The van der Waals surface area contributed by atoms with Gasteiger partial charge in [-0.25, -0.2) is 12.7 Å². The van der Waals surface area contributed by atoms with Gasteiger partial charge in [0.2, 0.25) is 10.0 Å². The van der Waals surface area contributed by atoms with E-state index in [1.807, 2.05) is 31.2 Å². The lowest BCUT2D eigenvalue weighted by Crippen LogP contribution is -2.22. The molecule has 0 radical (unpaired) electrons. The van der Waals surface area contributed by atoms with E-state index in [9.17, 15) is 13.2 Å². The predicted molar refractivity (Wildman–Crippen MR) is 118 cm³/mol. The molecule has 0 aromatic heterocycles. The molecule has 156 valence electrons. The molecule has 0 saturated carbocycles. The Hall–Kier alpha value is -3.16. The van der Waals surface area contributed by atoms with Crippen molar-refractivity contribution in [2.24, 2.45) is 0 Å². The molecule has 3 aromatic carbocycles. The van der Waals surface area contributed by atoms with Crippen LogP contribution in [0.1, 0.15) is 5.56 Å². The highest BCUT2D eigenvalue weighted by Crippen LogP contribution is 2.23. The first-order valence-corrected chi connectivity index (χ1v) is 10.8. The first-order valence-electron chi connectivity index (χ1n) is 9.38. The van der Waals surface area contributed by atoms with Crippen LogP contribution in [-0.2, 0) is 14.8 Å². The first-order chi connectivity index (χ1) is 14.3. The van der Waals surface area contributed by atoms with E-state index in [0.29, 0.717) is 11.4 Å². The van der Waals surface area contributed by atoms with Crippen LogP contribution in [0, 0.1) is 6.92 Å². The van der Waals surface area contributed by atoms with E-state index in [4.69, 9.17) is 4.74 Å². The molecule has 0 bridgehead atoms. The number of sulfonamides is 1. The van der Waals surface area contributed by atoms with Crippen molar-refractivity contribution in [2.45, 2.75) is 11.8 Å². The smallest absolute Gasteiger partial charge is 0.262 e. The quantitative estimate of drug-likeness (QED) is 0.624. The highest BCUT2D eigenvalue weighted by Gasteiger charge is 2.16. The zero-order chi connectivity index (χ0) is 21.7. The summed E-state index contributed by atoms with van der Waals surface area (Å²) in [5.41, 5.74) is 3.89. The monoisotopic (exact) mass is 424 g/mol. The number of hydrogen-bond donors (Lipinski definition) is 1. The second-order valence-electron chi connectivity index (χ2n) is 7.04. The Labute approximate surface area is 177 Å². The van der Waals surface area contributed by atoms with Crippen molar-refractivity contribution in [3.63, 3.8) is 0 Å². The Balaban J connectivity index is 1.55. The fourth-order valence-electron chi connectivity index (χ4n) is 2.76. The zero-order valence-corrected chi connectivity index (χ0v) is 17.9. The van der Waals surface area contributed by atoms with Crippen LogP contribution >= 0.6 is 0 Å². The minimum atomic E-state index is -3.50.